The van der Waals surface area contributed by atoms with Crippen molar-refractivity contribution in [1.82, 2.24) is 9.47 Å². The van der Waals surface area contributed by atoms with Gasteiger partial charge < -0.3 is 14.6 Å². The Balaban J connectivity index is 2.28. The third-order valence-electron chi connectivity index (χ3n) is 4.53. The molecule has 0 bridgehead atoms. The largest absolute Gasteiger partial charge is 0.481 e. The highest BCUT2D eigenvalue weighted by atomic mass is 16.4. The molecular formula is C17H26N2O3. The van der Waals surface area contributed by atoms with Gasteiger partial charge >= 0.3 is 5.97 Å². The summed E-state index contributed by atoms with van der Waals surface area (Å²) < 4.78 is 2.15. The lowest BCUT2D eigenvalue weighted by Crippen LogP contribution is -2.45. The van der Waals surface area contributed by atoms with Crippen molar-refractivity contribution < 1.29 is 14.7 Å². The molecule has 1 aromatic rings. The van der Waals surface area contributed by atoms with Crippen LogP contribution in [0.4, 0.5) is 0 Å². The second kappa shape index (κ2) is 6.15. The molecule has 1 aliphatic rings. The lowest BCUT2D eigenvalue weighted by atomic mass is 9.90. The van der Waals surface area contributed by atoms with Gasteiger partial charge in [-0.2, -0.15) is 0 Å². The molecule has 0 aromatic carbocycles. The van der Waals surface area contributed by atoms with Crippen LogP contribution in [-0.2, 0) is 4.79 Å². The normalized spacial score (nSPS) is 22.2. The predicted molar refractivity (Wildman–Crippen MR) is 85.1 cm³/mol. The number of carbonyl (C=O) groups is 2. The summed E-state index contributed by atoms with van der Waals surface area (Å²) in [4.78, 5) is 25.8. The van der Waals surface area contributed by atoms with Crippen LogP contribution in [0.5, 0.6) is 0 Å². The van der Waals surface area contributed by atoms with E-state index in [1.165, 1.54) is 0 Å². The van der Waals surface area contributed by atoms with Crippen molar-refractivity contribution in [2.45, 2.75) is 47.1 Å². The molecule has 0 spiro atoms. The average Bonchev–Trinajstić information content (AvgIpc) is 2.72. The summed E-state index contributed by atoms with van der Waals surface area (Å²) in [6.07, 6.45) is 0.643. The van der Waals surface area contributed by atoms with Gasteiger partial charge in [-0.3, -0.25) is 9.59 Å². The first-order valence-electron chi connectivity index (χ1n) is 7.92. The molecule has 1 saturated heterocycles. The Labute approximate surface area is 131 Å². The van der Waals surface area contributed by atoms with Gasteiger partial charge in [-0.1, -0.05) is 6.92 Å². The molecule has 0 saturated carbocycles. The topological polar surface area (TPSA) is 62.5 Å². The van der Waals surface area contributed by atoms with Crippen LogP contribution in [0.25, 0.3) is 0 Å². The molecule has 0 radical (unpaired) electrons. The molecule has 1 aliphatic heterocycles. The Morgan fingerprint density at radius 3 is 2.41 bits per heavy atom. The molecule has 1 fully saturated rings. The van der Waals surface area contributed by atoms with Crippen molar-refractivity contribution in [2.24, 2.45) is 11.8 Å². The van der Waals surface area contributed by atoms with Crippen molar-refractivity contribution in [1.29, 1.82) is 0 Å². The summed E-state index contributed by atoms with van der Waals surface area (Å²) in [5.74, 6) is -1.09. The summed E-state index contributed by atoms with van der Waals surface area (Å²) in [5.41, 5.74) is 2.72. The third-order valence-corrected chi connectivity index (χ3v) is 4.53. The van der Waals surface area contributed by atoms with Gasteiger partial charge in [-0.15, -0.1) is 0 Å². The highest BCUT2D eigenvalue weighted by molar-refractivity contribution is 5.96. The van der Waals surface area contributed by atoms with Crippen LogP contribution in [0, 0.1) is 25.7 Å². The van der Waals surface area contributed by atoms with Crippen molar-refractivity contribution in [2.75, 3.05) is 13.1 Å². The van der Waals surface area contributed by atoms with Crippen LogP contribution in [0.1, 0.15) is 55.0 Å². The van der Waals surface area contributed by atoms with E-state index >= 15 is 0 Å². The van der Waals surface area contributed by atoms with Crippen molar-refractivity contribution >= 4 is 11.9 Å². The fourth-order valence-electron chi connectivity index (χ4n) is 3.65. The van der Waals surface area contributed by atoms with E-state index in [2.05, 4.69) is 18.4 Å². The second-order valence-corrected chi connectivity index (χ2v) is 6.83. The lowest BCUT2D eigenvalue weighted by molar-refractivity contribution is -0.143. The molecule has 22 heavy (non-hydrogen) atoms. The molecule has 2 atom stereocenters. The number of amides is 1. The third kappa shape index (κ3) is 3.03. The number of hydrogen-bond donors (Lipinski definition) is 1. The maximum absolute atomic E-state index is 12.8. The van der Waals surface area contributed by atoms with Gasteiger partial charge in [0.15, 0.2) is 0 Å². The Hall–Kier alpha value is -1.78. The number of aromatic nitrogens is 1. The SMILES string of the molecule is Cc1cc(C(=O)N2CC(C)CC(C(=O)O)C2)c(C)n1C(C)C. The van der Waals surface area contributed by atoms with Gasteiger partial charge in [0.2, 0.25) is 0 Å². The average molecular weight is 306 g/mol. The van der Waals surface area contributed by atoms with E-state index in [1.807, 2.05) is 26.8 Å². The minimum absolute atomic E-state index is 0.0437. The predicted octanol–water partition coefficient (Wildman–Crippen LogP) is 2.87. The number of carboxylic acid groups (broad SMARTS) is 1. The molecule has 1 amide bonds. The first-order valence-corrected chi connectivity index (χ1v) is 7.92. The van der Waals surface area contributed by atoms with Crippen molar-refractivity contribution in [3.63, 3.8) is 0 Å². The molecule has 0 aliphatic carbocycles. The maximum atomic E-state index is 12.8. The zero-order chi connectivity index (χ0) is 16.6. The van der Waals surface area contributed by atoms with Crippen LogP contribution in [0.2, 0.25) is 0 Å². The van der Waals surface area contributed by atoms with Crippen LogP contribution >= 0.6 is 0 Å². The highest BCUT2D eigenvalue weighted by Crippen LogP contribution is 2.26. The summed E-state index contributed by atoms with van der Waals surface area (Å²) in [7, 11) is 0. The summed E-state index contributed by atoms with van der Waals surface area (Å²) in [6.45, 7) is 11.1. The Kier molecular flexibility index (Phi) is 4.63. The van der Waals surface area contributed by atoms with E-state index < -0.39 is 11.9 Å². The van der Waals surface area contributed by atoms with E-state index in [1.54, 1.807) is 4.90 Å². The maximum Gasteiger partial charge on any atom is 0.308 e. The smallest absolute Gasteiger partial charge is 0.308 e. The first-order chi connectivity index (χ1) is 10.2. The van der Waals surface area contributed by atoms with E-state index in [-0.39, 0.29) is 11.8 Å². The number of carbonyl (C=O) groups excluding carboxylic acids is 1. The minimum Gasteiger partial charge on any atom is -0.481 e. The number of rotatable bonds is 3. The fourth-order valence-corrected chi connectivity index (χ4v) is 3.65. The minimum atomic E-state index is -0.808. The fraction of sp³-hybridized carbons (Fsp3) is 0.647. The standard InChI is InChI=1S/C17H26N2O3/c1-10(2)19-12(4)7-15(13(19)5)16(20)18-8-11(3)6-14(9-18)17(21)22/h7,10-11,14H,6,8-9H2,1-5H3,(H,21,22). The quantitative estimate of drug-likeness (QED) is 0.934. The van der Waals surface area contributed by atoms with Crippen LogP contribution in [-0.4, -0.2) is 39.5 Å². The van der Waals surface area contributed by atoms with Crippen molar-refractivity contribution in [3.8, 4) is 0 Å². The number of aliphatic carboxylic acids is 1. The molecule has 1 N–H and O–H groups in total. The molecule has 122 valence electrons. The molecule has 5 heteroatoms. The number of nitrogens with zero attached hydrogens (tertiary/aromatic N) is 2. The van der Waals surface area contributed by atoms with Crippen molar-refractivity contribution in [3.05, 3.63) is 23.0 Å². The van der Waals surface area contributed by atoms with Gasteiger partial charge in [0.25, 0.3) is 5.91 Å². The second-order valence-electron chi connectivity index (χ2n) is 6.83. The zero-order valence-corrected chi connectivity index (χ0v) is 14.1. The van der Waals surface area contributed by atoms with E-state index in [9.17, 15) is 14.7 Å². The molecule has 2 rings (SSSR count). The van der Waals surface area contributed by atoms with E-state index in [4.69, 9.17) is 0 Å². The Bertz CT molecular complexity index is 589. The molecule has 5 nitrogen and oxygen atoms in total. The van der Waals surface area contributed by atoms with E-state index in [0.29, 0.717) is 31.1 Å². The van der Waals surface area contributed by atoms with Gasteiger partial charge in [0.1, 0.15) is 0 Å². The van der Waals surface area contributed by atoms with E-state index in [0.717, 1.165) is 11.4 Å². The first kappa shape index (κ1) is 16.6. The van der Waals surface area contributed by atoms with Gasteiger partial charge in [-0.05, 0) is 46.1 Å². The molecule has 2 unspecified atom stereocenters. The Morgan fingerprint density at radius 2 is 1.91 bits per heavy atom. The molecule has 2 heterocycles. The highest BCUT2D eigenvalue weighted by Gasteiger charge is 2.33. The summed E-state index contributed by atoms with van der Waals surface area (Å²) >= 11 is 0. The summed E-state index contributed by atoms with van der Waals surface area (Å²) in [5, 5.41) is 9.26. The zero-order valence-electron chi connectivity index (χ0n) is 14.1. The van der Waals surface area contributed by atoms with Gasteiger partial charge in [0, 0.05) is 30.5 Å². The molecular weight excluding hydrogens is 280 g/mol. The van der Waals surface area contributed by atoms with Crippen LogP contribution in [0.15, 0.2) is 6.07 Å². The number of aryl methyl sites for hydroxylation is 1. The monoisotopic (exact) mass is 306 g/mol. The number of hydrogen-bond acceptors (Lipinski definition) is 2. The Morgan fingerprint density at radius 1 is 1.27 bits per heavy atom. The number of carboxylic acids is 1. The number of likely N-dealkylation sites (tertiary alicyclic amines) is 1. The van der Waals surface area contributed by atoms with Crippen LogP contribution < -0.4 is 0 Å². The van der Waals surface area contributed by atoms with Crippen LogP contribution in [0.3, 0.4) is 0 Å². The van der Waals surface area contributed by atoms with Gasteiger partial charge in [-0.25, -0.2) is 0 Å². The summed E-state index contributed by atoms with van der Waals surface area (Å²) in [6, 6.07) is 2.22. The van der Waals surface area contributed by atoms with Gasteiger partial charge in [0.05, 0.1) is 11.5 Å². The lowest BCUT2D eigenvalue weighted by Gasteiger charge is -2.34. The molecule has 1 aromatic heterocycles. The number of piperidine rings is 1.